The zero-order valence-corrected chi connectivity index (χ0v) is 12.0. The second-order valence-electron chi connectivity index (χ2n) is 5.20. The van der Waals surface area contributed by atoms with Crippen molar-refractivity contribution in [3.8, 4) is 0 Å². The Hall–Kier alpha value is -2.23. The van der Waals surface area contributed by atoms with Crippen LogP contribution in [0.3, 0.4) is 0 Å². The third kappa shape index (κ3) is 2.66. The summed E-state index contributed by atoms with van der Waals surface area (Å²) in [4.78, 5) is 11.5. The number of esters is 1. The third-order valence-corrected chi connectivity index (χ3v) is 3.80. The Balaban J connectivity index is 1.83. The van der Waals surface area contributed by atoms with Gasteiger partial charge in [-0.05, 0) is 24.8 Å². The van der Waals surface area contributed by atoms with Crippen LogP contribution in [0.25, 0.3) is 0 Å². The summed E-state index contributed by atoms with van der Waals surface area (Å²) >= 11 is 0. The van der Waals surface area contributed by atoms with Gasteiger partial charge in [-0.1, -0.05) is 30.3 Å². The Morgan fingerprint density at radius 2 is 2.14 bits per heavy atom. The van der Waals surface area contributed by atoms with Crippen LogP contribution in [0.5, 0.6) is 0 Å². The number of carbonyl (C=O) groups excluding carboxylic acids is 1. The standard InChI is InChI=1S/C17H18O4/c1-2-19-16(18)8-7-13-11-14-5-3-4-6-15(14)17(12-13)20-9-10-21-17/h3-10,13H,2,11-12H2,1H3/t13-/m1/s1. The number of rotatable bonds is 3. The highest BCUT2D eigenvalue weighted by Crippen LogP contribution is 2.44. The summed E-state index contributed by atoms with van der Waals surface area (Å²) in [6.45, 7) is 2.18. The molecule has 1 aromatic rings. The highest BCUT2D eigenvalue weighted by molar-refractivity contribution is 5.81. The molecule has 3 rings (SSSR count). The van der Waals surface area contributed by atoms with Crippen molar-refractivity contribution in [2.45, 2.75) is 25.6 Å². The maximum atomic E-state index is 11.5. The first-order valence-corrected chi connectivity index (χ1v) is 7.17. The quantitative estimate of drug-likeness (QED) is 0.633. The highest BCUT2D eigenvalue weighted by Gasteiger charge is 2.44. The zero-order valence-electron chi connectivity index (χ0n) is 12.0. The van der Waals surface area contributed by atoms with Gasteiger partial charge >= 0.3 is 5.97 Å². The van der Waals surface area contributed by atoms with E-state index in [0.29, 0.717) is 13.0 Å². The van der Waals surface area contributed by atoms with Crippen LogP contribution in [0.4, 0.5) is 0 Å². The Labute approximate surface area is 124 Å². The first-order valence-electron chi connectivity index (χ1n) is 7.17. The average molecular weight is 286 g/mol. The number of hydrogen-bond acceptors (Lipinski definition) is 4. The molecule has 4 heteroatoms. The van der Waals surface area contributed by atoms with Crippen molar-refractivity contribution in [3.63, 3.8) is 0 Å². The van der Waals surface area contributed by atoms with Crippen LogP contribution in [0.1, 0.15) is 24.5 Å². The number of ether oxygens (including phenoxy) is 3. The lowest BCUT2D eigenvalue weighted by Crippen LogP contribution is -2.35. The second-order valence-corrected chi connectivity index (χ2v) is 5.20. The summed E-state index contributed by atoms with van der Waals surface area (Å²) < 4.78 is 16.4. The highest BCUT2D eigenvalue weighted by atomic mass is 16.7. The van der Waals surface area contributed by atoms with Crippen molar-refractivity contribution < 1.29 is 19.0 Å². The van der Waals surface area contributed by atoms with E-state index in [1.54, 1.807) is 19.4 Å². The van der Waals surface area contributed by atoms with Gasteiger partial charge in [0.2, 0.25) is 0 Å². The van der Waals surface area contributed by atoms with Gasteiger partial charge in [-0.15, -0.1) is 0 Å². The predicted octanol–water partition coefficient (Wildman–Crippen LogP) is 3.04. The van der Waals surface area contributed by atoms with Crippen molar-refractivity contribution >= 4 is 5.97 Å². The van der Waals surface area contributed by atoms with E-state index in [2.05, 4.69) is 6.07 Å². The number of benzene rings is 1. The number of allylic oxidation sites excluding steroid dienone is 1. The molecule has 1 heterocycles. The predicted molar refractivity (Wildman–Crippen MR) is 77.0 cm³/mol. The molecule has 1 aromatic carbocycles. The van der Waals surface area contributed by atoms with E-state index < -0.39 is 5.79 Å². The fourth-order valence-electron chi connectivity index (χ4n) is 2.95. The van der Waals surface area contributed by atoms with Gasteiger partial charge in [-0.3, -0.25) is 0 Å². The minimum atomic E-state index is -0.751. The van der Waals surface area contributed by atoms with Gasteiger partial charge in [-0.2, -0.15) is 0 Å². The summed E-state index contributed by atoms with van der Waals surface area (Å²) in [6, 6.07) is 8.10. The molecule has 0 aromatic heterocycles. The molecule has 21 heavy (non-hydrogen) atoms. The maximum Gasteiger partial charge on any atom is 0.330 e. The fourth-order valence-corrected chi connectivity index (χ4v) is 2.95. The van der Waals surface area contributed by atoms with E-state index in [1.807, 2.05) is 24.3 Å². The summed E-state index contributed by atoms with van der Waals surface area (Å²) in [5, 5.41) is 0. The minimum absolute atomic E-state index is 0.171. The van der Waals surface area contributed by atoms with Crippen molar-refractivity contribution in [3.05, 3.63) is 60.1 Å². The van der Waals surface area contributed by atoms with Crippen molar-refractivity contribution in [1.29, 1.82) is 0 Å². The Kier molecular flexibility index (Phi) is 3.69. The molecule has 1 aliphatic carbocycles. The van der Waals surface area contributed by atoms with E-state index in [9.17, 15) is 4.79 Å². The van der Waals surface area contributed by atoms with Gasteiger partial charge in [0.15, 0.2) is 0 Å². The topological polar surface area (TPSA) is 44.8 Å². The van der Waals surface area contributed by atoms with Gasteiger partial charge in [0.1, 0.15) is 12.5 Å². The molecule has 0 N–H and O–H groups in total. The molecule has 1 aliphatic heterocycles. The number of fused-ring (bicyclic) bond motifs is 2. The van der Waals surface area contributed by atoms with Crippen molar-refractivity contribution in [1.82, 2.24) is 0 Å². The second kappa shape index (κ2) is 5.64. The summed E-state index contributed by atoms with van der Waals surface area (Å²) in [5.74, 6) is -0.889. The van der Waals surface area contributed by atoms with Crippen molar-refractivity contribution in [2.24, 2.45) is 5.92 Å². The van der Waals surface area contributed by atoms with Crippen LogP contribution in [0.2, 0.25) is 0 Å². The lowest BCUT2D eigenvalue weighted by molar-refractivity contribution is -0.166. The molecule has 0 unspecified atom stereocenters. The molecule has 0 saturated carbocycles. The number of carbonyl (C=O) groups is 1. The van der Waals surface area contributed by atoms with Crippen LogP contribution in [0.15, 0.2) is 48.9 Å². The van der Waals surface area contributed by atoms with E-state index in [1.165, 1.54) is 11.6 Å². The molecule has 0 bridgehead atoms. The van der Waals surface area contributed by atoms with Crippen LogP contribution in [0, 0.1) is 5.92 Å². The Morgan fingerprint density at radius 1 is 1.38 bits per heavy atom. The van der Waals surface area contributed by atoms with Crippen LogP contribution >= 0.6 is 0 Å². The molecule has 1 spiro atoms. The first-order chi connectivity index (χ1) is 10.2. The first kappa shape index (κ1) is 13.7. The molecular weight excluding hydrogens is 268 g/mol. The number of hydrogen-bond donors (Lipinski definition) is 0. The Morgan fingerprint density at radius 3 is 2.90 bits per heavy atom. The molecule has 0 radical (unpaired) electrons. The molecule has 2 aliphatic rings. The average Bonchev–Trinajstić information content (AvgIpc) is 2.95. The summed E-state index contributed by atoms with van der Waals surface area (Å²) in [6.07, 6.45) is 8.08. The Bertz CT molecular complexity index is 580. The van der Waals surface area contributed by atoms with Gasteiger partial charge in [0.25, 0.3) is 5.79 Å². The van der Waals surface area contributed by atoms with Crippen LogP contribution < -0.4 is 0 Å². The normalized spacial score (nSPS) is 21.9. The largest absolute Gasteiger partial charge is 0.463 e. The maximum absolute atomic E-state index is 11.5. The van der Waals surface area contributed by atoms with E-state index >= 15 is 0 Å². The van der Waals surface area contributed by atoms with Crippen molar-refractivity contribution in [2.75, 3.05) is 6.61 Å². The molecule has 0 amide bonds. The summed E-state index contributed by atoms with van der Waals surface area (Å²) in [7, 11) is 0. The zero-order chi connectivity index (χ0) is 14.7. The summed E-state index contributed by atoms with van der Waals surface area (Å²) in [5.41, 5.74) is 2.25. The molecule has 110 valence electrons. The SMILES string of the molecule is CCOC(=O)C=C[C@@H]1Cc2ccccc2C2(C1)OC=CO2. The smallest absolute Gasteiger partial charge is 0.330 e. The van der Waals surface area contributed by atoms with Gasteiger partial charge in [0, 0.05) is 18.1 Å². The molecule has 4 nitrogen and oxygen atoms in total. The lowest BCUT2D eigenvalue weighted by atomic mass is 9.79. The molecular formula is C17H18O4. The fraction of sp³-hybridized carbons (Fsp3) is 0.353. The van der Waals surface area contributed by atoms with E-state index in [0.717, 1.165) is 12.0 Å². The minimum Gasteiger partial charge on any atom is -0.463 e. The molecule has 0 saturated heterocycles. The van der Waals surface area contributed by atoms with E-state index in [4.69, 9.17) is 14.2 Å². The third-order valence-electron chi connectivity index (χ3n) is 3.80. The monoisotopic (exact) mass is 286 g/mol. The molecule has 0 fully saturated rings. The lowest BCUT2D eigenvalue weighted by Gasteiger charge is -2.36. The van der Waals surface area contributed by atoms with Crippen LogP contribution in [-0.2, 0) is 31.2 Å². The van der Waals surface area contributed by atoms with Crippen LogP contribution in [-0.4, -0.2) is 12.6 Å². The van der Waals surface area contributed by atoms with Gasteiger partial charge in [0.05, 0.1) is 6.61 Å². The van der Waals surface area contributed by atoms with Gasteiger partial charge in [-0.25, -0.2) is 4.79 Å². The van der Waals surface area contributed by atoms with Gasteiger partial charge < -0.3 is 14.2 Å². The van der Waals surface area contributed by atoms with E-state index in [-0.39, 0.29) is 11.9 Å². The molecule has 1 atom stereocenters.